The Balaban J connectivity index is 3.91. The lowest BCUT2D eigenvalue weighted by Crippen LogP contribution is -2.37. The molecule has 0 aromatic carbocycles. The number of quaternary nitrogens is 1. The molecule has 0 aromatic heterocycles. The first-order valence-electron chi connectivity index (χ1n) is 31.3. The minimum atomic E-state index is -4.53. The summed E-state index contributed by atoms with van der Waals surface area (Å²) in [5.74, 6) is -0.322. The fraction of sp³-hybridized carbons (Fsp3) is 0.984. The van der Waals surface area contributed by atoms with Crippen LogP contribution >= 0.6 is 7.82 Å². The van der Waals surface area contributed by atoms with Gasteiger partial charge in [-0.05, 0) is 12.8 Å². The monoisotopic (exact) mass is 1010 g/mol. The number of esters is 1. The van der Waals surface area contributed by atoms with Crippen molar-refractivity contribution in [1.29, 1.82) is 0 Å². The van der Waals surface area contributed by atoms with E-state index in [9.17, 15) is 14.3 Å². The molecule has 0 saturated heterocycles. The van der Waals surface area contributed by atoms with E-state index in [1.54, 1.807) is 0 Å². The third-order valence-electron chi connectivity index (χ3n) is 14.4. The summed E-state index contributed by atoms with van der Waals surface area (Å²) in [6.07, 6.45) is 64.5. The summed E-state index contributed by atoms with van der Waals surface area (Å²) >= 11 is 0. The maximum Gasteiger partial charge on any atom is 0.306 e. The molecule has 0 N–H and O–H groups in total. The number of ether oxygens (including phenoxy) is 2. The summed E-state index contributed by atoms with van der Waals surface area (Å²) in [5.41, 5.74) is 0. The number of nitrogens with zero attached hydrogens (tertiary/aromatic N) is 1. The van der Waals surface area contributed by atoms with Crippen molar-refractivity contribution < 1.29 is 37.3 Å². The van der Waals surface area contributed by atoms with Crippen molar-refractivity contribution in [2.75, 3.05) is 54.1 Å². The zero-order valence-electron chi connectivity index (χ0n) is 48.0. The van der Waals surface area contributed by atoms with Gasteiger partial charge in [-0.2, -0.15) is 0 Å². The molecule has 0 aliphatic rings. The van der Waals surface area contributed by atoms with E-state index in [4.69, 9.17) is 18.5 Å². The highest BCUT2D eigenvalue weighted by Crippen LogP contribution is 2.38. The first-order chi connectivity index (χ1) is 34.1. The third-order valence-corrected chi connectivity index (χ3v) is 15.4. The predicted octanol–water partition coefficient (Wildman–Crippen LogP) is 19.3. The minimum Gasteiger partial charge on any atom is -0.756 e. The van der Waals surface area contributed by atoms with Gasteiger partial charge in [0.1, 0.15) is 19.3 Å². The molecule has 9 heteroatoms. The Morgan fingerprint density at radius 1 is 0.386 bits per heavy atom. The number of rotatable bonds is 60. The topological polar surface area (TPSA) is 94.1 Å². The number of hydrogen-bond acceptors (Lipinski definition) is 7. The van der Waals surface area contributed by atoms with Gasteiger partial charge in [0.25, 0.3) is 7.82 Å². The lowest BCUT2D eigenvalue weighted by atomic mass is 10.0. The quantitative estimate of drug-likeness (QED) is 0.0259. The van der Waals surface area contributed by atoms with Crippen LogP contribution in [-0.4, -0.2) is 70.7 Å². The highest BCUT2D eigenvalue weighted by Gasteiger charge is 2.20. The van der Waals surface area contributed by atoms with Crippen molar-refractivity contribution in [3.05, 3.63) is 0 Å². The van der Waals surface area contributed by atoms with Crippen LogP contribution in [-0.2, 0) is 27.9 Å². The SMILES string of the molecule is CCCCCCCCCCCCCCCCCCCCCCCCCCCCCCCCC(=O)O[C@H](COCCCCCCCCCCCCCCCCCCCC)COP(=O)([O-])OCC[N+](C)(C)C. The Bertz CT molecular complexity index is 1090. The van der Waals surface area contributed by atoms with Crippen molar-refractivity contribution in [1.82, 2.24) is 0 Å². The molecule has 2 atom stereocenters. The molecule has 0 aliphatic carbocycles. The molecule has 0 heterocycles. The fourth-order valence-corrected chi connectivity index (χ4v) is 10.3. The lowest BCUT2D eigenvalue weighted by Gasteiger charge is -2.28. The van der Waals surface area contributed by atoms with E-state index in [2.05, 4.69) is 13.8 Å². The van der Waals surface area contributed by atoms with Gasteiger partial charge in [-0.1, -0.05) is 309 Å². The van der Waals surface area contributed by atoms with Gasteiger partial charge in [-0.15, -0.1) is 0 Å². The van der Waals surface area contributed by atoms with Gasteiger partial charge in [0.05, 0.1) is 34.4 Å². The van der Waals surface area contributed by atoms with Crippen molar-refractivity contribution in [3.63, 3.8) is 0 Å². The van der Waals surface area contributed by atoms with E-state index in [-0.39, 0.29) is 25.8 Å². The van der Waals surface area contributed by atoms with E-state index in [0.717, 1.165) is 32.1 Å². The van der Waals surface area contributed by atoms with Crippen molar-refractivity contribution in [3.8, 4) is 0 Å². The Hall–Kier alpha value is -0.500. The summed E-state index contributed by atoms with van der Waals surface area (Å²) in [6.45, 7) is 5.52. The first kappa shape index (κ1) is 69.5. The van der Waals surface area contributed by atoms with Crippen LogP contribution in [0.15, 0.2) is 0 Å². The van der Waals surface area contributed by atoms with Gasteiger partial charge in [0, 0.05) is 13.0 Å². The average molecular weight is 1010 g/mol. The average Bonchev–Trinajstić information content (AvgIpc) is 3.32. The highest BCUT2D eigenvalue weighted by atomic mass is 31.2. The number of hydrogen-bond donors (Lipinski definition) is 0. The van der Waals surface area contributed by atoms with Gasteiger partial charge in [-0.3, -0.25) is 9.36 Å². The molecule has 1 unspecified atom stereocenters. The molecule has 0 aromatic rings. The van der Waals surface area contributed by atoms with Crippen molar-refractivity contribution in [2.24, 2.45) is 0 Å². The van der Waals surface area contributed by atoms with Crippen LogP contribution in [0, 0.1) is 0 Å². The molecule has 0 aliphatic heterocycles. The van der Waals surface area contributed by atoms with Crippen LogP contribution in [0.4, 0.5) is 0 Å². The normalized spacial score (nSPS) is 13.3. The van der Waals surface area contributed by atoms with Gasteiger partial charge in [-0.25, -0.2) is 0 Å². The number of carbonyl (C=O) groups is 1. The van der Waals surface area contributed by atoms with Crippen LogP contribution in [0.3, 0.4) is 0 Å². The second-order valence-electron chi connectivity index (χ2n) is 22.8. The summed E-state index contributed by atoms with van der Waals surface area (Å²) in [6, 6.07) is 0. The lowest BCUT2D eigenvalue weighted by molar-refractivity contribution is -0.870. The van der Waals surface area contributed by atoms with Crippen LogP contribution in [0.2, 0.25) is 0 Å². The fourth-order valence-electron chi connectivity index (χ4n) is 9.61. The molecular weight excluding hydrogens is 890 g/mol. The molecule has 70 heavy (non-hydrogen) atoms. The highest BCUT2D eigenvalue weighted by molar-refractivity contribution is 7.45. The molecule has 0 radical (unpaired) electrons. The summed E-state index contributed by atoms with van der Waals surface area (Å²) in [5, 5.41) is 0. The Labute approximate surface area is 438 Å². The molecule has 0 spiro atoms. The zero-order chi connectivity index (χ0) is 51.2. The third kappa shape index (κ3) is 58.4. The van der Waals surface area contributed by atoms with Crippen LogP contribution in [0.5, 0.6) is 0 Å². The van der Waals surface area contributed by atoms with Gasteiger partial charge in [0.15, 0.2) is 0 Å². The van der Waals surface area contributed by atoms with E-state index in [0.29, 0.717) is 24.1 Å². The van der Waals surface area contributed by atoms with E-state index in [1.165, 1.54) is 276 Å². The Morgan fingerprint density at radius 3 is 0.943 bits per heavy atom. The molecule has 0 fully saturated rings. The van der Waals surface area contributed by atoms with E-state index < -0.39 is 13.9 Å². The largest absolute Gasteiger partial charge is 0.756 e. The molecule has 0 saturated carbocycles. The first-order valence-corrected chi connectivity index (χ1v) is 32.7. The molecule has 0 rings (SSSR count). The zero-order valence-corrected chi connectivity index (χ0v) is 48.9. The maximum atomic E-state index is 12.8. The van der Waals surface area contributed by atoms with Gasteiger partial charge < -0.3 is 27.9 Å². The number of carbonyl (C=O) groups excluding carboxylic acids is 1. The number of likely N-dealkylation sites (N-methyl/N-ethyl adjacent to an activating group) is 1. The second kappa shape index (κ2) is 54.8. The van der Waals surface area contributed by atoms with Crippen molar-refractivity contribution >= 4 is 13.8 Å². The summed E-state index contributed by atoms with van der Waals surface area (Å²) in [4.78, 5) is 25.3. The van der Waals surface area contributed by atoms with Crippen molar-refractivity contribution in [2.45, 2.75) is 335 Å². The number of phosphoric acid groups is 1. The molecule has 420 valence electrons. The second-order valence-corrected chi connectivity index (χ2v) is 24.2. The van der Waals surface area contributed by atoms with E-state index in [1.807, 2.05) is 21.1 Å². The smallest absolute Gasteiger partial charge is 0.306 e. The number of unbranched alkanes of at least 4 members (excludes halogenated alkanes) is 46. The molecular formula is C61H124NO7P. The predicted molar refractivity (Wildman–Crippen MR) is 301 cm³/mol. The van der Waals surface area contributed by atoms with Crippen LogP contribution in [0.1, 0.15) is 328 Å². The maximum absolute atomic E-state index is 12.8. The molecule has 0 amide bonds. The van der Waals surface area contributed by atoms with Gasteiger partial charge >= 0.3 is 5.97 Å². The molecule has 8 nitrogen and oxygen atoms in total. The van der Waals surface area contributed by atoms with Gasteiger partial charge in [0.2, 0.25) is 0 Å². The summed E-state index contributed by atoms with van der Waals surface area (Å²) < 4.78 is 34.9. The molecule has 0 bridgehead atoms. The van der Waals surface area contributed by atoms with Crippen LogP contribution in [0.25, 0.3) is 0 Å². The Morgan fingerprint density at radius 2 is 0.657 bits per heavy atom. The standard InChI is InChI=1S/C61H124NO7P/c1-6-8-10-12-14-16-18-20-22-24-26-27-28-29-30-31-32-33-34-35-36-37-38-40-42-44-46-48-50-52-54-61(63)69-60(59-68-70(64,65)67-57-55-62(3,4)5)58-66-56-53-51-49-47-45-43-41-39-25-23-21-19-17-15-13-11-9-7-2/h60H,6-59H2,1-5H3/t60-/m1/s1. The van der Waals surface area contributed by atoms with E-state index >= 15 is 0 Å². The minimum absolute atomic E-state index is 0.0320. The summed E-state index contributed by atoms with van der Waals surface area (Å²) in [7, 11) is 1.38. The number of phosphoric ester groups is 1. The van der Waals surface area contributed by atoms with Crippen LogP contribution < -0.4 is 4.89 Å². The Kier molecular flexibility index (Phi) is 54.4.